The lowest BCUT2D eigenvalue weighted by Gasteiger charge is -2.03. The van der Waals surface area contributed by atoms with Gasteiger partial charge in [0.1, 0.15) is 0 Å². The molecule has 0 bridgehead atoms. The fourth-order valence-corrected chi connectivity index (χ4v) is 0.722. The molecule has 0 aliphatic heterocycles. The van der Waals surface area contributed by atoms with Crippen molar-refractivity contribution in [2.75, 3.05) is 21.3 Å². The van der Waals surface area contributed by atoms with Crippen LogP contribution in [0.1, 0.15) is 0 Å². The molecule has 2 N–H and O–H groups in total. The summed E-state index contributed by atoms with van der Waals surface area (Å²) in [6, 6.07) is 4.42. The van der Waals surface area contributed by atoms with E-state index in [1.54, 1.807) is 14.2 Å². The monoisotopic (exact) mass is 186 g/mol. The Balaban J connectivity index is 0.000000424. The molecule has 0 aliphatic carbocycles. The molecule has 0 aliphatic rings. The van der Waals surface area contributed by atoms with E-state index in [1.165, 1.54) is 25.3 Å². The normalized spacial score (nSPS) is 8.54. The number of methoxy groups -OCH3 is 2. The number of hydrogen-bond donors (Lipinski definition) is 2. The van der Waals surface area contributed by atoms with E-state index < -0.39 is 0 Å². The van der Waals surface area contributed by atoms with E-state index in [1.807, 2.05) is 0 Å². The Bertz CT molecular complexity index is 227. The molecule has 0 unspecified atom stereocenters. The van der Waals surface area contributed by atoms with Gasteiger partial charge in [0, 0.05) is 14.2 Å². The molecule has 0 heterocycles. The first-order chi connectivity index (χ1) is 6.17. The Morgan fingerprint density at radius 1 is 1.00 bits per heavy atom. The van der Waals surface area contributed by atoms with E-state index in [0.29, 0.717) is 0 Å². The first kappa shape index (κ1) is 11.6. The highest BCUT2D eigenvalue weighted by atomic mass is 16.5. The van der Waals surface area contributed by atoms with Gasteiger partial charge < -0.3 is 19.7 Å². The van der Waals surface area contributed by atoms with E-state index in [4.69, 9.17) is 10.2 Å². The smallest absolute Gasteiger partial charge is 0.202 e. The first-order valence-electron chi connectivity index (χ1n) is 3.62. The van der Waals surface area contributed by atoms with Gasteiger partial charge in [-0.15, -0.1) is 0 Å². The molecular formula is C9H14O4. The highest BCUT2D eigenvalue weighted by Crippen LogP contribution is 2.34. The molecular weight excluding hydrogens is 172 g/mol. The lowest BCUT2D eigenvalue weighted by molar-refractivity contribution is 0.277. The Labute approximate surface area is 77.3 Å². The van der Waals surface area contributed by atoms with Gasteiger partial charge in [0.05, 0.1) is 7.11 Å². The molecule has 1 rings (SSSR count). The van der Waals surface area contributed by atoms with Crippen molar-refractivity contribution in [3.05, 3.63) is 18.2 Å². The van der Waals surface area contributed by atoms with Crippen LogP contribution in [0, 0.1) is 0 Å². The Morgan fingerprint density at radius 2 is 1.38 bits per heavy atom. The van der Waals surface area contributed by atoms with Gasteiger partial charge in [-0.1, -0.05) is 6.07 Å². The van der Waals surface area contributed by atoms with Gasteiger partial charge in [-0.3, -0.25) is 0 Å². The SMILES string of the molecule is COC.COc1c(O)cccc1O. The minimum atomic E-state index is -0.0532. The predicted octanol–water partition coefficient (Wildman–Crippen LogP) is 1.37. The summed E-state index contributed by atoms with van der Waals surface area (Å²) in [5.41, 5.74) is 0. The van der Waals surface area contributed by atoms with Crippen LogP contribution in [0.3, 0.4) is 0 Å². The van der Waals surface area contributed by atoms with Crippen molar-refractivity contribution in [3.8, 4) is 17.2 Å². The van der Waals surface area contributed by atoms with Gasteiger partial charge in [-0.05, 0) is 12.1 Å². The number of hydrogen-bond acceptors (Lipinski definition) is 4. The molecule has 0 atom stereocenters. The van der Waals surface area contributed by atoms with Crippen LogP contribution in [0.4, 0.5) is 0 Å². The number of benzene rings is 1. The second-order valence-electron chi connectivity index (χ2n) is 2.24. The van der Waals surface area contributed by atoms with Crippen molar-refractivity contribution in [2.45, 2.75) is 0 Å². The fraction of sp³-hybridized carbons (Fsp3) is 0.333. The largest absolute Gasteiger partial charge is 0.504 e. The average Bonchev–Trinajstić information content (AvgIpc) is 2.06. The summed E-state index contributed by atoms with van der Waals surface area (Å²) >= 11 is 0. The van der Waals surface area contributed by atoms with Crippen LogP contribution in [0.25, 0.3) is 0 Å². The molecule has 0 radical (unpaired) electrons. The molecule has 0 amide bonds. The zero-order valence-corrected chi connectivity index (χ0v) is 7.94. The maximum absolute atomic E-state index is 9.01. The number of phenolic OH excluding ortho intramolecular Hbond substituents is 2. The number of phenols is 2. The summed E-state index contributed by atoms with van der Waals surface area (Å²) in [7, 11) is 4.63. The summed E-state index contributed by atoms with van der Waals surface area (Å²) in [4.78, 5) is 0. The molecule has 0 spiro atoms. The molecule has 1 aromatic rings. The fourth-order valence-electron chi connectivity index (χ4n) is 0.722. The summed E-state index contributed by atoms with van der Waals surface area (Å²) < 4.78 is 8.93. The van der Waals surface area contributed by atoms with Crippen molar-refractivity contribution in [1.82, 2.24) is 0 Å². The van der Waals surface area contributed by atoms with E-state index >= 15 is 0 Å². The average molecular weight is 186 g/mol. The summed E-state index contributed by atoms with van der Waals surface area (Å²) in [5.74, 6) is 0.00694. The standard InChI is InChI=1S/C7H8O3.C2H6O/c1-10-7-5(8)3-2-4-6(7)9;1-3-2/h2-4,8-9H,1H3;1-2H3. The number of para-hydroxylation sites is 1. The minimum Gasteiger partial charge on any atom is -0.504 e. The number of ether oxygens (including phenoxy) is 2. The molecule has 0 saturated heterocycles. The molecule has 1 aromatic carbocycles. The van der Waals surface area contributed by atoms with E-state index in [9.17, 15) is 0 Å². The van der Waals surface area contributed by atoms with Crippen molar-refractivity contribution in [3.63, 3.8) is 0 Å². The summed E-state index contributed by atoms with van der Waals surface area (Å²) in [6.45, 7) is 0. The van der Waals surface area contributed by atoms with Crippen molar-refractivity contribution in [2.24, 2.45) is 0 Å². The molecule has 74 valence electrons. The number of aromatic hydroxyl groups is 2. The zero-order chi connectivity index (χ0) is 10.3. The van der Waals surface area contributed by atoms with Crippen molar-refractivity contribution < 1.29 is 19.7 Å². The van der Waals surface area contributed by atoms with E-state index in [0.717, 1.165) is 0 Å². The maximum atomic E-state index is 9.01. The van der Waals surface area contributed by atoms with Gasteiger partial charge in [0.2, 0.25) is 5.75 Å². The van der Waals surface area contributed by atoms with Crippen LogP contribution in [0.2, 0.25) is 0 Å². The van der Waals surface area contributed by atoms with Crippen molar-refractivity contribution >= 4 is 0 Å². The van der Waals surface area contributed by atoms with Crippen molar-refractivity contribution in [1.29, 1.82) is 0 Å². The van der Waals surface area contributed by atoms with Crippen LogP contribution in [0.15, 0.2) is 18.2 Å². The third-order valence-electron chi connectivity index (χ3n) is 1.18. The van der Waals surface area contributed by atoms with Crippen LogP contribution in [-0.2, 0) is 4.74 Å². The second-order valence-corrected chi connectivity index (χ2v) is 2.24. The Kier molecular flexibility index (Phi) is 5.47. The molecule has 4 heteroatoms. The lowest BCUT2D eigenvalue weighted by Crippen LogP contribution is -1.82. The predicted molar refractivity (Wildman–Crippen MR) is 49.3 cm³/mol. The molecule has 13 heavy (non-hydrogen) atoms. The first-order valence-corrected chi connectivity index (χ1v) is 3.62. The molecule has 4 nitrogen and oxygen atoms in total. The topological polar surface area (TPSA) is 58.9 Å². The van der Waals surface area contributed by atoms with Crippen LogP contribution in [0.5, 0.6) is 17.2 Å². The minimum absolute atomic E-state index is 0.0532. The quantitative estimate of drug-likeness (QED) is 0.695. The number of rotatable bonds is 1. The lowest BCUT2D eigenvalue weighted by atomic mass is 10.3. The van der Waals surface area contributed by atoms with Crippen LogP contribution >= 0.6 is 0 Å². The second kappa shape index (κ2) is 6.14. The Hall–Kier alpha value is -1.42. The maximum Gasteiger partial charge on any atom is 0.202 e. The van der Waals surface area contributed by atoms with Gasteiger partial charge >= 0.3 is 0 Å². The van der Waals surface area contributed by atoms with Gasteiger partial charge in [0.25, 0.3) is 0 Å². The van der Waals surface area contributed by atoms with Gasteiger partial charge in [-0.25, -0.2) is 0 Å². The third-order valence-corrected chi connectivity index (χ3v) is 1.18. The third kappa shape index (κ3) is 3.66. The van der Waals surface area contributed by atoms with Crippen LogP contribution in [-0.4, -0.2) is 31.5 Å². The highest BCUT2D eigenvalue weighted by Gasteiger charge is 2.04. The van der Waals surface area contributed by atoms with Gasteiger partial charge in [0.15, 0.2) is 11.5 Å². The Morgan fingerprint density at radius 3 is 1.62 bits per heavy atom. The van der Waals surface area contributed by atoms with Gasteiger partial charge in [-0.2, -0.15) is 0 Å². The summed E-state index contributed by atoms with van der Waals surface area (Å²) in [6.07, 6.45) is 0. The zero-order valence-electron chi connectivity index (χ0n) is 7.94. The molecule has 0 fully saturated rings. The van der Waals surface area contributed by atoms with Crippen LogP contribution < -0.4 is 4.74 Å². The van der Waals surface area contributed by atoms with E-state index in [2.05, 4.69) is 9.47 Å². The molecule has 0 aromatic heterocycles. The molecule has 0 saturated carbocycles. The highest BCUT2D eigenvalue weighted by molar-refractivity contribution is 5.48. The summed E-state index contributed by atoms with van der Waals surface area (Å²) in [5, 5.41) is 18.0. The van der Waals surface area contributed by atoms with E-state index in [-0.39, 0.29) is 17.2 Å².